The van der Waals surface area contributed by atoms with Crippen LogP contribution in [0.4, 0.5) is 0 Å². The maximum Gasteiger partial charge on any atom is 0.274 e. The van der Waals surface area contributed by atoms with Crippen molar-refractivity contribution in [2.45, 2.75) is 32.8 Å². The summed E-state index contributed by atoms with van der Waals surface area (Å²) in [7, 11) is 1.62. The molecule has 2 rings (SSSR count). The molecule has 30 heavy (non-hydrogen) atoms. The molecule has 1 aliphatic rings. The van der Waals surface area contributed by atoms with Gasteiger partial charge in [0, 0.05) is 38.2 Å². The van der Waals surface area contributed by atoms with Crippen molar-refractivity contribution in [1.29, 1.82) is 10.8 Å². The fourth-order valence-electron chi connectivity index (χ4n) is 2.97. The van der Waals surface area contributed by atoms with Gasteiger partial charge in [0.25, 0.3) is 5.91 Å². The van der Waals surface area contributed by atoms with E-state index in [2.05, 4.69) is 15.6 Å². The molecule has 0 bridgehead atoms. The first kappa shape index (κ1) is 23.2. The number of nitrogens with zero attached hydrogens (tertiary/aromatic N) is 2. The van der Waals surface area contributed by atoms with E-state index < -0.39 is 17.4 Å². The molecule has 1 atom stereocenters. The van der Waals surface area contributed by atoms with E-state index in [0.29, 0.717) is 13.0 Å². The minimum Gasteiger partial charge on any atom is -0.392 e. The summed E-state index contributed by atoms with van der Waals surface area (Å²) >= 11 is 0. The highest BCUT2D eigenvalue weighted by Gasteiger charge is 2.41. The SMILES string of the molecule is CN/C=C(/NC(=O)c1cccc(C(=N)CC(O)CN)n1)C(=N)N1CCC(C)(C)C1=O. The maximum atomic E-state index is 12.7. The molecule has 0 spiro atoms. The molecule has 10 heteroatoms. The molecule has 2 heterocycles. The molecule has 0 radical (unpaired) electrons. The summed E-state index contributed by atoms with van der Waals surface area (Å²) in [5, 5.41) is 31.5. The third-order valence-electron chi connectivity index (χ3n) is 4.85. The Bertz CT molecular complexity index is 879. The van der Waals surface area contributed by atoms with Crippen molar-refractivity contribution in [3.05, 3.63) is 41.5 Å². The topological polar surface area (TPSA) is 168 Å². The third kappa shape index (κ3) is 5.28. The molecule has 1 saturated heterocycles. The summed E-state index contributed by atoms with van der Waals surface area (Å²) in [5.41, 5.74) is 5.31. The number of aromatic nitrogens is 1. The first-order valence-electron chi connectivity index (χ1n) is 9.63. The number of rotatable bonds is 8. The van der Waals surface area contributed by atoms with E-state index in [1.807, 2.05) is 13.8 Å². The van der Waals surface area contributed by atoms with Crippen molar-refractivity contribution in [2.24, 2.45) is 11.1 Å². The Balaban J connectivity index is 2.17. The second-order valence-electron chi connectivity index (χ2n) is 7.72. The van der Waals surface area contributed by atoms with E-state index in [-0.39, 0.29) is 47.5 Å². The van der Waals surface area contributed by atoms with Gasteiger partial charge in [0.05, 0.1) is 23.2 Å². The van der Waals surface area contributed by atoms with Crippen LogP contribution in [0.25, 0.3) is 0 Å². The van der Waals surface area contributed by atoms with Crippen LogP contribution in [0.5, 0.6) is 0 Å². The van der Waals surface area contributed by atoms with Crippen molar-refractivity contribution in [1.82, 2.24) is 20.5 Å². The number of aliphatic hydroxyl groups is 1. The number of nitrogens with two attached hydrogens (primary N) is 1. The number of hydrogen-bond acceptors (Lipinski definition) is 8. The summed E-state index contributed by atoms with van der Waals surface area (Å²) < 4.78 is 0. The molecular formula is C20H29N7O3. The summed E-state index contributed by atoms with van der Waals surface area (Å²) in [6.07, 6.45) is 1.22. The molecule has 10 nitrogen and oxygen atoms in total. The molecule has 1 fully saturated rings. The number of amides is 2. The zero-order valence-electron chi connectivity index (χ0n) is 17.5. The highest BCUT2D eigenvalue weighted by molar-refractivity contribution is 6.10. The van der Waals surface area contributed by atoms with Gasteiger partial charge in [-0.15, -0.1) is 0 Å². The largest absolute Gasteiger partial charge is 0.392 e. The Morgan fingerprint density at radius 3 is 2.63 bits per heavy atom. The van der Waals surface area contributed by atoms with Crippen LogP contribution in [-0.4, -0.2) is 64.6 Å². The number of likely N-dealkylation sites (tertiary alicyclic amines) is 1. The Hall–Kier alpha value is -3.11. The normalized spacial score (nSPS) is 16.9. The van der Waals surface area contributed by atoms with Crippen LogP contribution < -0.4 is 16.4 Å². The minimum absolute atomic E-state index is 0.0227. The van der Waals surface area contributed by atoms with E-state index >= 15 is 0 Å². The van der Waals surface area contributed by atoms with E-state index in [9.17, 15) is 14.7 Å². The quantitative estimate of drug-likeness (QED) is 0.261. The number of nitrogens with one attached hydrogen (secondary N) is 4. The standard InChI is InChI=1S/C20H29N7O3/c1-20(2)7-8-27(19(20)30)17(23)16(11-24-3)26-18(29)15-6-4-5-14(25-15)13(22)9-12(28)10-21/h4-6,11-12,22-24,28H,7-10,21H2,1-3H3,(H,26,29)/b16-11+,22-13?,23-17?. The van der Waals surface area contributed by atoms with Crippen LogP contribution in [0.3, 0.4) is 0 Å². The molecule has 0 aromatic carbocycles. The van der Waals surface area contributed by atoms with Crippen LogP contribution in [0.2, 0.25) is 0 Å². The van der Waals surface area contributed by atoms with Crippen molar-refractivity contribution < 1.29 is 14.7 Å². The van der Waals surface area contributed by atoms with Crippen LogP contribution in [0.15, 0.2) is 30.1 Å². The average Bonchev–Trinajstić information content (AvgIpc) is 2.99. The first-order valence-corrected chi connectivity index (χ1v) is 9.63. The summed E-state index contributed by atoms with van der Waals surface area (Å²) in [6.45, 7) is 4.08. The highest BCUT2D eigenvalue weighted by atomic mass is 16.3. The molecular weight excluding hydrogens is 386 g/mol. The number of hydrogen-bond donors (Lipinski definition) is 6. The molecule has 1 aliphatic heterocycles. The van der Waals surface area contributed by atoms with Gasteiger partial charge in [-0.1, -0.05) is 19.9 Å². The molecule has 0 aliphatic carbocycles. The number of carbonyl (C=O) groups is 2. The zero-order valence-corrected chi connectivity index (χ0v) is 17.5. The predicted molar refractivity (Wildman–Crippen MR) is 113 cm³/mol. The minimum atomic E-state index is -0.857. The van der Waals surface area contributed by atoms with Crippen molar-refractivity contribution >= 4 is 23.4 Å². The highest BCUT2D eigenvalue weighted by Crippen LogP contribution is 2.31. The van der Waals surface area contributed by atoms with Gasteiger partial charge in [-0.25, -0.2) is 4.98 Å². The maximum absolute atomic E-state index is 12.7. The number of carbonyl (C=O) groups excluding carboxylic acids is 2. The van der Waals surface area contributed by atoms with Gasteiger partial charge in [0.1, 0.15) is 5.69 Å². The van der Waals surface area contributed by atoms with Crippen molar-refractivity contribution in [2.75, 3.05) is 20.1 Å². The molecule has 1 aromatic heterocycles. The van der Waals surface area contributed by atoms with Crippen LogP contribution in [0.1, 0.15) is 42.9 Å². The van der Waals surface area contributed by atoms with Gasteiger partial charge in [0.15, 0.2) is 5.84 Å². The van der Waals surface area contributed by atoms with Crippen LogP contribution >= 0.6 is 0 Å². The van der Waals surface area contributed by atoms with Gasteiger partial charge in [0.2, 0.25) is 5.91 Å². The monoisotopic (exact) mass is 415 g/mol. The molecule has 7 N–H and O–H groups in total. The lowest BCUT2D eigenvalue weighted by atomic mass is 9.92. The summed E-state index contributed by atoms with van der Waals surface area (Å²) in [5.74, 6) is -0.861. The molecule has 2 amide bonds. The molecule has 162 valence electrons. The Kier molecular flexibility index (Phi) is 7.41. The number of amidine groups is 1. The summed E-state index contributed by atoms with van der Waals surface area (Å²) in [4.78, 5) is 30.8. The fraction of sp³-hybridized carbons (Fsp3) is 0.450. The van der Waals surface area contributed by atoms with Crippen LogP contribution in [-0.2, 0) is 4.79 Å². The lowest BCUT2D eigenvalue weighted by molar-refractivity contribution is -0.131. The Morgan fingerprint density at radius 2 is 2.07 bits per heavy atom. The van der Waals surface area contributed by atoms with Crippen molar-refractivity contribution in [3.63, 3.8) is 0 Å². The van der Waals surface area contributed by atoms with E-state index in [1.54, 1.807) is 19.2 Å². The zero-order chi connectivity index (χ0) is 22.5. The van der Waals surface area contributed by atoms with Gasteiger partial charge in [-0.2, -0.15) is 0 Å². The Labute approximate surface area is 175 Å². The van der Waals surface area contributed by atoms with E-state index in [1.165, 1.54) is 17.2 Å². The average molecular weight is 415 g/mol. The van der Waals surface area contributed by atoms with Gasteiger partial charge < -0.3 is 26.9 Å². The fourth-order valence-corrected chi connectivity index (χ4v) is 2.97. The molecule has 0 saturated carbocycles. The smallest absolute Gasteiger partial charge is 0.274 e. The number of aliphatic hydroxyl groups excluding tert-OH is 1. The number of pyridine rings is 1. The van der Waals surface area contributed by atoms with E-state index in [4.69, 9.17) is 16.6 Å². The molecule has 1 aromatic rings. The van der Waals surface area contributed by atoms with Gasteiger partial charge in [-0.3, -0.25) is 19.9 Å². The third-order valence-corrected chi connectivity index (χ3v) is 4.85. The second-order valence-corrected chi connectivity index (χ2v) is 7.72. The van der Waals surface area contributed by atoms with Crippen LogP contribution in [0, 0.1) is 16.2 Å². The second kappa shape index (κ2) is 9.59. The predicted octanol–water partition coefficient (Wildman–Crippen LogP) is 0.186. The molecule has 1 unspecified atom stereocenters. The van der Waals surface area contributed by atoms with Gasteiger partial charge in [-0.05, 0) is 18.6 Å². The lowest BCUT2D eigenvalue weighted by Gasteiger charge is -2.22. The Morgan fingerprint density at radius 1 is 1.40 bits per heavy atom. The lowest BCUT2D eigenvalue weighted by Crippen LogP contribution is -2.41. The van der Waals surface area contributed by atoms with E-state index in [0.717, 1.165) is 0 Å². The summed E-state index contributed by atoms with van der Waals surface area (Å²) in [6, 6.07) is 4.63. The van der Waals surface area contributed by atoms with Crippen molar-refractivity contribution in [3.8, 4) is 0 Å². The first-order chi connectivity index (χ1) is 14.1. The van der Waals surface area contributed by atoms with Gasteiger partial charge >= 0.3 is 0 Å².